The molecule has 0 spiro atoms. The molecular formula is C21H24ClN3O5S2. The lowest BCUT2D eigenvalue weighted by molar-refractivity contribution is 0.231. The number of fused-ring (bicyclic) bond motifs is 1. The van der Waals surface area contributed by atoms with Gasteiger partial charge in [0.25, 0.3) is 0 Å². The Morgan fingerprint density at radius 1 is 1.06 bits per heavy atom. The zero-order chi connectivity index (χ0) is 23.1. The van der Waals surface area contributed by atoms with Gasteiger partial charge in [-0.15, -0.1) is 0 Å². The fourth-order valence-corrected chi connectivity index (χ4v) is 6.63. The summed E-state index contributed by atoms with van der Waals surface area (Å²) in [7, 11) is -7.43. The number of hydrogen-bond acceptors (Lipinski definition) is 5. The Balaban J connectivity index is 1.48. The Bertz CT molecular complexity index is 1260. The molecule has 0 radical (unpaired) electrons. The first-order chi connectivity index (χ1) is 15.1. The fourth-order valence-electron chi connectivity index (χ4n) is 4.13. The Morgan fingerprint density at radius 2 is 1.81 bits per heavy atom. The highest BCUT2D eigenvalue weighted by Gasteiger charge is 2.33. The first-order valence-electron chi connectivity index (χ1n) is 10.2. The van der Waals surface area contributed by atoms with Gasteiger partial charge in [0.15, 0.2) is 9.84 Å². The lowest BCUT2D eigenvalue weighted by atomic mass is 10.1. The van der Waals surface area contributed by atoms with E-state index >= 15 is 0 Å². The number of nitrogens with zero attached hydrogens (tertiary/aromatic N) is 2. The van der Waals surface area contributed by atoms with Crippen LogP contribution in [0.4, 0.5) is 10.5 Å². The minimum Gasteiger partial charge on any atom is -0.334 e. The van der Waals surface area contributed by atoms with Crippen LogP contribution in [0, 0.1) is 0 Å². The van der Waals surface area contributed by atoms with Crippen molar-refractivity contribution in [2.75, 3.05) is 30.8 Å². The molecule has 1 saturated heterocycles. The molecule has 1 N–H and O–H groups in total. The average Bonchev–Trinajstić information content (AvgIpc) is 3.16. The number of halogens is 1. The summed E-state index contributed by atoms with van der Waals surface area (Å²) in [6, 6.07) is 10.1. The van der Waals surface area contributed by atoms with Crippen LogP contribution in [0.25, 0.3) is 0 Å². The molecule has 0 bridgehead atoms. The number of sulfonamides is 1. The van der Waals surface area contributed by atoms with Crippen LogP contribution in [-0.4, -0.2) is 59.1 Å². The summed E-state index contributed by atoms with van der Waals surface area (Å²) in [5, 5.41) is 3.58. The van der Waals surface area contributed by atoms with Crippen molar-refractivity contribution in [1.82, 2.24) is 9.62 Å². The van der Waals surface area contributed by atoms with E-state index in [2.05, 4.69) is 5.32 Å². The SMILES string of the molecule is CS(=O)(=O)c1cccc(S(=O)(=O)N2CCCC(NC(=O)N3CCc4cc(Cl)ccc43)C2)c1. The normalized spacial score (nSPS) is 19.6. The molecule has 0 aromatic heterocycles. The minimum absolute atomic E-state index is 0.0479. The van der Waals surface area contributed by atoms with Crippen LogP contribution >= 0.6 is 11.6 Å². The molecule has 2 aliphatic heterocycles. The summed E-state index contributed by atoms with van der Waals surface area (Å²) in [5.41, 5.74) is 1.82. The molecule has 2 amide bonds. The molecule has 0 aliphatic carbocycles. The standard InChI is InChI=1S/C21H24ClN3O5S2/c1-31(27,28)18-5-2-6-19(13-18)32(29,30)24-10-3-4-17(14-24)23-21(26)25-11-9-15-12-16(22)7-8-20(15)25/h2,5-8,12-13,17H,3-4,9-11,14H2,1H3,(H,23,26). The summed E-state index contributed by atoms with van der Waals surface area (Å²) in [6.07, 6.45) is 2.99. The fraction of sp³-hybridized carbons (Fsp3) is 0.381. The third kappa shape index (κ3) is 4.63. The van der Waals surface area contributed by atoms with Crippen molar-refractivity contribution in [2.24, 2.45) is 0 Å². The maximum atomic E-state index is 13.1. The number of rotatable bonds is 4. The van der Waals surface area contributed by atoms with Crippen LogP contribution in [0.3, 0.4) is 0 Å². The van der Waals surface area contributed by atoms with Crippen molar-refractivity contribution in [3.8, 4) is 0 Å². The van der Waals surface area contributed by atoms with Gasteiger partial charge in [0.1, 0.15) is 0 Å². The van der Waals surface area contributed by atoms with Crippen molar-refractivity contribution in [1.29, 1.82) is 0 Å². The molecule has 2 aromatic rings. The number of hydrogen-bond donors (Lipinski definition) is 1. The predicted octanol–water partition coefficient (Wildman–Crippen LogP) is 2.67. The number of amides is 2. The molecular weight excluding hydrogens is 474 g/mol. The largest absolute Gasteiger partial charge is 0.334 e. The van der Waals surface area contributed by atoms with E-state index in [9.17, 15) is 21.6 Å². The minimum atomic E-state index is -3.90. The molecule has 1 fully saturated rings. The van der Waals surface area contributed by atoms with Crippen molar-refractivity contribution in [3.63, 3.8) is 0 Å². The van der Waals surface area contributed by atoms with Crippen LogP contribution in [-0.2, 0) is 26.3 Å². The van der Waals surface area contributed by atoms with E-state index in [0.29, 0.717) is 37.4 Å². The molecule has 0 saturated carbocycles. The Kier molecular flexibility index (Phi) is 6.23. The number of piperidine rings is 1. The quantitative estimate of drug-likeness (QED) is 0.699. The van der Waals surface area contributed by atoms with Crippen LogP contribution in [0.1, 0.15) is 18.4 Å². The maximum absolute atomic E-state index is 13.1. The van der Waals surface area contributed by atoms with Gasteiger partial charge in [-0.1, -0.05) is 17.7 Å². The van der Waals surface area contributed by atoms with Crippen molar-refractivity contribution in [3.05, 3.63) is 53.1 Å². The van der Waals surface area contributed by atoms with Crippen LogP contribution < -0.4 is 10.2 Å². The number of carbonyl (C=O) groups is 1. The van der Waals surface area contributed by atoms with Crippen molar-refractivity contribution >= 4 is 43.2 Å². The molecule has 2 aromatic carbocycles. The van der Waals surface area contributed by atoms with Crippen LogP contribution in [0.15, 0.2) is 52.3 Å². The zero-order valence-corrected chi connectivity index (χ0v) is 19.9. The Labute approximate surface area is 193 Å². The molecule has 2 heterocycles. The van der Waals surface area contributed by atoms with E-state index in [-0.39, 0.29) is 28.4 Å². The van der Waals surface area contributed by atoms with Gasteiger partial charge in [-0.3, -0.25) is 4.90 Å². The monoisotopic (exact) mass is 497 g/mol. The lowest BCUT2D eigenvalue weighted by Gasteiger charge is -2.33. The first kappa shape index (κ1) is 23.0. The van der Waals surface area contributed by atoms with E-state index in [4.69, 9.17) is 11.6 Å². The highest BCUT2D eigenvalue weighted by molar-refractivity contribution is 7.91. The second kappa shape index (κ2) is 8.66. The predicted molar refractivity (Wildman–Crippen MR) is 122 cm³/mol. The molecule has 32 heavy (non-hydrogen) atoms. The average molecular weight is 498 g/mol. The van der Waals surface area contributed by atoms with E-state index in [1.54, 1.807) is 11.0 Å². The van der Waals surface area contributed by atoms with Gasteiger partial charge in [0.2, 0.25) is 10.0 Å². The summed E-state index contributed by atoms with van der Waals surface area (Å²) in [6.45, 7) is 0.968. The second-order valence-corrected chi connectivity index (χ2v) is 12.5. The zero-order valence-electron chi connectivity index (χ0n) is 17.5. The van der Waals surface area contributed by atoms with Crippen LogP contribution in [0.2, 0.25) is 5.02 Å². The molecule has 1 atom stereocenters. The molecule has 11 heteroatoms. The third-order valence-electron chi connectivity index (χ3n) is 5.77. The van der Waals surface area contributed by atoms with Crippen molar-refractivity contribution in [2.45, 2.75) is 35.1 Å². The summed E-state index contributed by atoms with van der Waals surface area (Å²) in [5.74, 6) is 0. The topological polar surface area (TPSA) is 104 Å². The molecule has 172 valence electrons. The number of urea groups is 1. The number of sulfone groups is 1. The molecule has 8 nitrogen and oxygen atoms in total. The van der Waals surface area contributed by atoms with Gasteiger partial charge < -0.3 is 5.32 Å². The van der Waals surface area contributed by atoms with Gasteiger partial charge in [-0.05, 0) is 61.2 Å². The lowest BCUT2D eigenvalue weighted by Crippen LogP contribution is -2.52. The summed E-state index contributed by atoms with van der Waals surface area (Å²) >= 11 is 6.04. The van der Waals surface area contributed by atoms with Gasteiger partial charge in [-0.2, -0.15) is 4.31 Å². The second-order valence-electron chi connectivity index (χ2n) is 8.07. The number of anilines is 1. The van der Waals surface area contributed by atoms with E-state index in [1.807, 2.05) is 12.1 Å². The van der Waals surface area contributed by atoms with Gasteiger partial charge in [-0.25, -0.2) is 21.6 Å². The Hall–Kier alpha value is -2.14. The third-order valence-corrected chi connectivity index (χ3v) is 8.97. The number of benzene rings is 2. The first-order valence-corrected chi connectivity index (χ1v) is 13.9. The molecule has 4 rings (SSSR count). The highest BCUT2D eigenvalue weighted by Crippen LogP contribution is 2.30. The summed E-state index contributed by atoms with van der Waals surface area (Å²) in [4.78, 5) is 14.4. The van der Waals surface area contributed by atoms with E-state index < -0.39 is 19.9 Å². The molecule has 2 aliphatic rings. The van der Waals surface area contributed by atoms with Crippen molar-refractivity contribution < 1.29 is 21.6 Å². The number of carbonyl (C=O) groups excluding carboxylic acids is 1. The Morgan fingerprint density at radius 3 is 2.56 bits per heavy atom. The maximum Gasteiger partial charge on any atom is 0.322 e. The van der Waals surface area contributed by atoms with Gasteiger partial charge >= 0.3 is 6.03 Å². The van der Waals surface area contributed by atoms with Crippen LogP contribution in [0.5, 0.6) is 0 Å². The van der Waals surface area contributed by atoms with E-state index in [1.165, 1.54) is 28.6 Å². The molecule has 1 unspecified atom stereocenters. The highest BCUT2D eigenvalue weighted by atomic mass is 35.5. The smallest absolute Gasteiger partial charge is 0.322 e. The summed E-state index contributed by atoms with van der Waals surface area (Å²) < 4.78 is 51.2. The van der Waals surface area contributed by atoms with Gasteiger partial charge in [0.05, 0.1) is 9.79 Å². The van der Waals surface area contributed by atoms with E-state index in [0.717, 1.165) is 17.5 Å². The number of nitrogens with one attached hydrogen (secondary N) is 1. The van der Waals surface area contributed by atoms with Gasteiger partial charge in [0, 0.05) is 42.6 Å².